The Morgan fingerprint density at radius 3 is 2.61 bits per heavy atom. The molecule has 0 radical (unpaired) electrons. The van der Waals surface area contributed by atoms with Crippen LogP contribution in [0.2, 0.25) is 0 Å². The number of benzene rings is 1. The number of likely N-dealkylation sites (N-methyl/N-ethyl adjacent to an activating group) is 1. The third-order valence-corrected chi connectivity index (χ3v) is 5.26. The van der Waals surface area contributed by atoms with Crippen LogP contribution in [0.15, 0.2) is 24.3 Å². The fourth-order valence-electron chi connectivity index (χ4n) is 3.44. The number of H-pyrrole nitrogens is 1. The Morgan fingerprint density at radius 2 is 1.97 bits per heavy atom. The number of carbonyl (C=O) groups is 2. The molecule has 2 heterocycles. The van der Waals surface area contributed by atoms with Gasteiger partial charge in [-0.25, -0.2) is 0 Å². The van der Waals surface area contributed by atoms with Crippen molar-refractivity contribution in [3.63, 3.8) is 0 Å². The molecule has 10 nitrogen and oxygen atoms in total. The van der Waals surface area contributed by atoms with Crippen molar-refractivity contribution in [2.75, 3.05) is 58.2 Å². The molecule has 0 saturated carbocycles. The number of hydrogen-bond donors (Lipinski definition) is 2. The first-order chi connectivity index (χ1) is 15.0. The molecular weight excluding hydrogens is 402 g/mol. The van der Waals surface area contributed by atoms with Crippen LogP contribution in [0.4, 0.5) is 11.5 Å². The summed E-state index contributed by atoms with van der Waals surface area (Å²) in [5.74, 6) is 0.796. The number of rotatable bonds is 10. The maximum atomic E-state index is 12.9. The van der Waals surface area contributed by atoms with E-state index in [4.69, 9.17) is 14.2 Å². The molecule has 0 spiro atoms. The fraction of sp³-hybridized carbons (Fsp3) is 0.476. The third kappa shape index (κ3) is 5.40. The van der Waals surface area contributed by atoms with E-state index in [9.17, 15) is 9.59 Å². The molecule has 2 aromatic rings. The van der Waals surface area contributed by atoms with Crippen molar-refractivity contribution in [1.82, 2.24) is 15.1 Å². The summed E-state index contributed by atoms with van der Waals surface area (Å²) in [6, 6.07) is 7.31. The van der Waals surface area contributed by atoms with Gasteiger partial charge in [-0.05, 0) is 37.7 Å². The molecule has 1 aromatic heterocycles. The van der Waals surface area contributed by atoms with Gasteiger partial charge in [0.25, 0.3) is 5.91 Å². The van der Waals surface area contributed by atoms with Crippen molar-refractivity contribution in [1.29, 1.82) is 0 Å². The Balaban J connectivity index is 1.59. The van der Waals surface area contributed by atoms with Crippen molar-refractivity contribution in [2.24, 2.45) is 0 Å². The predicted octanol–water partition coefficient (Wildman–Crippen LogP) is 1.50. The highest BCUT2D eigenvalue weighted by atomic mass is 16.7. The summed E-state index contributed by atoms with van der Waals surface area (Å²) < 4.78 is 15.5. The molecule has 3 rings (SSSR count). The van der Waals surface area contributed by atoms with Gasteiger partial charge in [-0.3, -0.25) is 14.7 Å². The van der Waals surface area contributed by atoms with Crippen LogP contribution in [-0.2, 0) is 20.7 Å². The van der Waals surface area contributed by atoms with Crippen LogP contribution in [0.3, 0.4) is 0 Å². The monoisotopic (exact) mass is 431 g/mol. The Kier molecular flexibility index (Phi) is 7.61. The van der Waals surface area contributed by atoms with Gasteiger partial charge in [0.05, 0.1) is 7.11 Å². The van der Waals surface area contributed by atoms with E-state index in [-0.39, 0.29) is 24.5 Å². The number of nitrogens with zero attached hydrogens (tertiary/aromatic N) is 3. The molecule has 1 aliphatic rings. The van der Waals surface area contributed by atoms with Gasteiger partial charge >= 0.3 is 0 Å². The number of hydrogen-bond acceptors (Lipinski definition) is 7. The molecule has 31 heavy (non-hydrogen) atoms. The van der Waals surface area contributed by atoms with Gasteiger partial charge in [-0.15, -0.1) is 0 Å². The highest BCUT2D eigenvalue weighted by molar-refractivity contribution is 6.08. The van der Waals surface area contributed by atoms with Crippen molar-refractivity contribution >= 4 is 23.3 Å². The lowest BCUT2D eigenvalue weighted by atomic mass is 10.1. The summed E-state index contributed by atoms with van der Waals surface area (Å²) in [5, 5.41) is 9.77. The smallest absolute Gasteiger partial charge is 0.276 e. The average molecular weight is 431 g/mol. The standard InChI is InChI=1S/C21H29N5O5/c1-25(13-18(30-3)31-4)11-10-17(27)22-20-16-9-12-26(21(28)19(16)23-24-20)14-5-7-15(29-2)8-6-14/h5-8,18H,9-13H2,1-4H3,(H2,22,23,24,27). The number of amides is 2. The highest BCUT2D eigenvalue weighted by Crippen LogP contribution is 2.28. The number of aromatic nitrogens is 2. The quantitative estimate of drug-likeness (QED) is 0.549. The first-order valence-electron chi connectivity index (χ1n) is 10.0. The van der Waals surface area contributed by atoms with E-state index in [1.54, 1.807) is 26.2 Å². The van der Waals surface area contributed by atoms with E-state index in [0.29, 0.717) is 37.6 Å². The molecule has 0 fully saturated rings. The van der Waals surface area contributed by atoms with Gasteiger partial charge < -0.3 is 29.3 Å². The minimum Gasteiger partial charge on any atom is -0.497 e. The highest BCUT2D eigenvalue weighted by Gasteiger charge is 2.30. The van der Waals surface area contributed by atoms with E-state index >= 15 is 0 Å². The Bertz CT molecular complexity index is 894. The third-order valence-electron chi connectivity index (χ3n) is 5.26. The van der Waals surface area contributed by atoms with Crippen LogP contribution in [-0.4, -0.2) is 81.2 Å². The second-order valence-corrected chi connectivity index (χ2v) is 7.29. The largest absolute Gasteiger partial charge is 0.497 e. The van der Waals surface area contributed by atoms with Crippen molar-refractivity contribution in [2.45, 2.75) is 19.1 Å². The summed E-state index contributed by atoms with van der Waals surface area (Å²) in [6.07, 6.45) is 0.526. The van der Waals surface area contributed by atoms with E-state index in [1.807, 2.05) is 36.2 Å². The number of methoxy groups -OCH3 is 3. The number of anilines is 2. The topological polar surface area (TPSA) is 109 Å². The van der Waals surface area contributed by atoms with Gasteiger partial charge in [0.15, 0.2) is 12.1 Å². The van der Waals surface area contributed by atoms with Crippen molar-refractivity contribution in [3.05, 3.63) is 35.5 Å². The predicted molar refractivity (Wildman–Crippen MR) is 116 cm³/mol. The molecule has 1 aromatic carbocycles. The zero-order valence-electron chi connectivity index (χ0n) is 18.3. The lowest BCUT2D eigenvalue weighted by Crippen LogP contribution is -2.37. The summed E-state index contributed by atoms with van der Waals surface area (Å²) in [7, 11) is 6.64. The SMILES string of the molecule is COc1ccc(N2CCc3c(NC(=O)CCN(C)CC(OC)OC)n[nH]c3C2=O)cc1. The number of nitrogens with one attached hydrogen (secondary N) is 2. The normalized spacial score (nSPS) is 13.6. The average Bonchev–Trinajstić information content (AvgIpc) is 3.20. The molecule has 1 aliphatic heterocycles. The maximum Gasteiger partial charge on any atom is 0.276 e. The molecule has 0 unspecified atom stereocenters. The number of fused-ring (bicyclic) bond motifs is 1. The molecule has 168 valence electrons. The van der Waals surface area contributed by atoms with E-state index in [1.165, 1.54) is 0 Å². The van der Waals surface area contributed by atoms with Gasteiger partial charge in [0, 0.05) is 51.5 Å². The summed E-state index contributed by atoms with van der Waals surface area (Å²) in [5.41, 5.74) is 1.91. The van der Waals surface area contributed by atoms with Crippen LogP contribution in [0.25, 0.3) is 0 Å². The second-order valence-electron chi connectivity index (χ2n) is 7.29. The summed E-state index contributed by atoms with van der Waals surface area (Å²) in [4.78, 5) is 29.0. The molecule has 10 heteroatoms. The van der Waals surface area contributed by atoms with E-state index in [2.05, 4.69) is 15.5 Å². The van der Waals surface area contributed by atoms with Gasteiger partial charge in [-0.1, -0.05) is 0 Å². The second kappa shape index (κ2) is 10.4. The summed E-state index contributed by atoms with van der Waals surface area (Å²) in [6.45, 7) is 1.58. The molecular formula is C21H29N5O5. The minimum absolute atomic E-state index is 0.169. The number of ether oxygens (including phenoxy) is 3. The zero-order valence-corrected chi connectivity index (χ0v) is 18.3. The molecule has 0 aliphatic carbocycles. The minimum atomic E-state index is -0.342. The zero-order chi connectivity index (χ0) is 22.4. The number of aromatic amines is 1. The van der Waals surface area contributed by atoms with Crippen LogP contribution < -0.4 is 15.0 Å². The molecule has 0 atom stereocenters. The van der Waals surface area contributed by atoms with Crippen LogP contribution in [0.1, 0.15) is 22.5 Å². The Labute approximate surface area is 181 Å². The molecule has 0 saturated heterocycles. The lowest BCUT2D eigenvalue weighted by Gasteiger charge is -2.27. The van der Waals surface area contributed by atoms with Crippen molar-refractivity contribution in [3.8, 4) is 5.75 Å². The molecule has 2 amide bonds. The molecule has 0 bridgehead atoms. The van der Waals surface area contributed by atoms with Gasteiger partial charge in [0.1, 0.15) is 11.4 Å². The van der Waals surface area contributed by atoms with Crippen LogP contribution >= 0.6 is 0 Å². The van der Waals surface area contributed by atoms with Gasteiger partial charge in [0.2, 0.25) is 5.91 Å². The molecule has 2 N–H and O–H groups in total. The first-order valence-corrected chi connectivity index (χ1v) is 10.0. The lowest BCUT2D eigenvalue weighted by molar-refractivity contribution is -0.120. The van der Waals surface area contributed by atoms with E-state index in [0.717, 1.165) is 17.0 Å². The fourth-order valence-corrected chi connectivity index (χ4v) is 3.44. The summed E-state index contributed by atoms with van der Waals surface area (Å²) >= 11 is 0. The Morgan fingerprint density at radius 1 is 1.26 bits per heavy atom. The van der Waals surface area contributed by atoms with E-state index < -0.39 is 0 Å². The maximum absolute atomic E-state index is 12.9. The Hall–Kier alpha value is -2.95. The van der Waals surface area contributed by atoms with Crippen LogP contribution in [0.5, 0.6) is 5.75 Å². The van der Waals surface area contributed by atoms with Crippen LogP contribution in [0, 0.1) is 0 Å². The first kappa shape index (κ1) is 22.7. The van der Waals surface area contributed by atoms with Gasteiger partial charge in [-0.2, -0.15) is 5.10 Å². The number of carbonyl (C=O) groups excluding carboxylic acids is 2. The van der Waals surface area contributed by atoms with Crippen molar-refractivity contribution < 1.29 is 23.8 Å².